The normalized spacial score (nSPS) is 28.7. The third kappa shape index (κ3) is 3.64. The number of rotatable bonds is 7. The highest BCUT2D eigenvalue weighted by atomic mass is 16.7. The lowest BCUT2D eigenvalue weighted by Crippen LogP contribution is -2.42. The maximum atomic E-state index is 11.4. The Kier molecular flexibility index (Phi) is 5.98. The largest absolute Gasteiger partial charge is 0.494 e. The molecule has 1 aromatic carbocycles. The van der Waals surface area contributed by atoms with Gasteiger partial charge in [0.15, 0.2) is 0 Å². The standard InChI is InChI=1S/C21H34BNO5/c1-19(2)20(3,4)28-22(27-19)15-8-9-16-17(14-15)21(5,24)23(11-13-26-7)18(16)10-12-25-6/h8-9,14,18,24H,10-13H2,1-7H3. The second kappa shape index (κ2) is 7.71. The van der Waals surface area contributed by atoms with Crippen molar-refractivity contribution in [2.24, 2.45) is 0 Å². The van der Waals surface area contributed by atoms with Gasteiger partial charge in [0.25, 0.3) is 0 Å². The molecular formula is C21H34BNO5. The van der Waals surface area contributed by atoms with E-state index >= 15 is 0 Å². The second-order valence-electron chi connectivity index (χ2n) is 8.94. The van der Waals surface area contributed by atoms with Crippen LogP contribution >= 0.6 is 0 Å². The lowest BCUT2D eigenvalue weighted by Gasteiger charge is -2.34. The minimum atomic E-state index is -1.09. The highest BCUT2D eigenvalue weighted by molar-refractivity contribution is 6.62. The summed E-state index contributed by atoms with van der Waals surface area (Å²) < 4.78 is 23.0. The van der Waals surface area contributed by atoms with E-state index in [0.717, 1.165) is 23.0 Å². The molecule has 0 amide bonds. The van der Waals surface area contributed by atoms with E-state index in [1.54, 1.807) is 14.2 Å². The molecule has 0 radical (unpaired) electrons. The number of methoxy groups -OCH3 is 2. The Labute approximate surface area is 169 Å². The first-order valence-corrected chi connectivity index (χ1v) is 10.0. The fourth-order valence-electron chi connectivity index (χ4n) is 4.13. The summed E-state index contributed by atoms with van der Waals surface area (Å²) in [5, 5.41) is 11.4. The van der Waals surface area contributed by atoms with E-state index in [1.807, 2.05) is 40.7 Å². The second-order valence-corrected chi connectivity index (χ2v) is 8.94. The Morgan fingerprint density at radius 2 is 1.64 bits per heavy atom. The average Bonchev–Trinajstić information content (AvgIpc) is 2.97. The lowest BCUT2D eigenvalue weighted by atomic mass is 9.77. The minimum Gasteiger partial charge on any atom is -0.399 e. The fraction of sp³-hybridized carbons (Fsp3) is 0.714. The maximum Gasteiger partial charge on any atom is 0.494 e. The molecule has 6 nitrogen and oxygen atoms in total. The molecule has 1 aromatic rings. The van der Waals surface area contributed by atoms with Gasteiger partial charge in [0, 0.05) is 39.0 Å². The zero-order valence-electron chi connectivity index (χ0n) is 18.2. The SMILES string of the molecule is COCCC1c2ccc(B3OC(C)(C)C(C)(C)O3)cc2C(C)(O)N1CCOC. The van der Waals surface area contributed by atoms with Crippen LogP contribution in [-0.4, -0.2) is 62.3 Å². The van der Waals surface area contributed by atoms with Crippen LogP contribution in [-0.2, 0) is 24.5 Å². The molecule has 1 saturated heterocycles. The van der Waals surface area contributed by atoms with Crippen LogP contribution in [0, 0.1) is 0 Å². The van der Waals surface area contributed by atoms with Crippen molar-refractivity contribution in [1.29, 1.82) is 0 Å². The predicted octanol–water partition coefficient (Wildman–Crippen LogP) is 2.19. The first-order valence-electron chi connectivity index (χ1n) is 10.0. The van der Waals surface area contributed by atoms with Gasteiger partial charge in [-0.15, -0.1) is 0 Å². The lowest BCUT2D eigenvalue weighted by molar-refractivity contribution is -0.115. The van der Waals surface area contributed by atoms with Crippen LogP contribution in [0.5, 0.6) is 0 Å². The van der Waals surface area contributed by atoms with Crippen molar-refractivity contribution in [3.8, 4) is 0 Å². The Morgan fingerprint density at radius 3 is 2.21 bits per heavy atom. The van der Waals surface area contributed by atoms with E-state index in [2.05, 4.69) is 17.0 Å². The van der Waals surface area contributed by atoms with Gasteiger partial charge in [0.05, 0.1) is 17.8 Å². The van der Waals surface area contributed by atoms with E-state index in [4.69, 9.17) is 18.8 Å². The molecule has 1 N–H and O–H groups in total. The minimum absolute atomic E-state index is 0.0763. The van der Waals surface area contributed by atoms with E-state index < -0.39 is 24.0 Å². The molecule has 2 unspecified atom stereocenters. The van der Waals surface area contributed by atoms with Gasteiger partial charge in [-0.1, -0.05) is 18.2 Å². The van der Waals surface area contributed by atoms with E-state index in [1.165, 1.54) is 0 Å². The van der Waals surface area contributed by atoms with E-state index in [-0.39, 0.29) is 6.04 Å². The first-order chi connectivity index (χ1) is 13.0. The summed E-state index contributed by atoms with van der Waals surface area (Å²) in [6.07, 6.45) is 0.805. The zero-order chi connectivity index (χ0) is 20.7. The van der Waals surface area contributed by atoms with Crippen molar-refractivity contribution in [3.63, 3.8) is 0 Å². The molecule has 0 aliphatic carbocycles. The van der Waals surface area contributed by atoms with Crippen LogP contribution in [0.1, 0.15) is 58.2 Å². The maximum absolute atomic E-state index is 11.4. The van der Waals surface area contributed by atoms with Crippen LogP contribution in [0.15, 0.2) is 18.2 Å². The molecule has 2 aliphatic rings. The predicted molar refractivity (Wildman–Crippen MR) is 110 cm³/mol. The number of nitrogens with zero attached hydrogens (tertiary/aromatic N) is 1. The Hall–Kier alpha value is -0.955. The molecule has 2 aliphatic heterocycles. The van der Waals surface area contributed by atoms with Gasteiger partial charge in [-0.2, -0.15) is 0 Å². The quantitative estimate of drug-likeness (QED) is 0.720. The molecule has 0 saturated carbocycles. The number of fused-ring (bicyclic) bond motifs is 1. The third-order valence-electron chi connectivity index (χ3n) is 6.54. The Balaban J connectivity index is 1.94. The number of benzene rings is 1. The summed E-state index contributed by atoms with van der Waals surface area (Å²) in [6, 6.07) is 6.25. The van der Waals surface area contributed by atoms with E-state index in [0.29, 0.717) is 19.8 Å². The molecule has 28 heavy (non-hydrogen) atoms. The van der Waals surface area contributed by atoms with Gasteiger partial charge in [-0.25, -0.2) is 0 Å². The first kappa shape index (κ1) is 21.7. The van der Waals surface area contributed by atoms with Crippen LogP contribution < -0.4 is 5.46 Å². The summed E-state index contributed by atoms with van der Waals surface area (Å²) in [7, 11) is 2.93. The van der Waals surface area contributed by atoms with Crippen molar-refractivity contribution in [2.45, 2.75) is 64.0 Å². The Morgan fingerprint density at radius 1 is 1.04 bits per heavy atom. The number of hydrogen-bond acceptors (Lipinski definition) is 6. The topological polar surface area (TPSA) is 60.4 Å². The summed E-state index contributed by atoms with van der Waals surface area (Å²) >= 11 is 0. The van der Waals surface area contributed by atoms with Gasteiger partial charge in [0.1, 0.15) is 5.72 Å². The molecule has 2 heterocycles. The van der Waals surface area contributed by atoms with Crippen LogP contribution in [0.2, 0.25) is 0 Å². The van der Waals surface area contributed by atoms with Crippen molar-refractivity contribution in [2.75, 3.05) is 34.0 Å². The highest BCUT2D eigenvalue weighted by Crippen LogP contribution is 2.46. The van der Waals surface area contributed by atoms with Gasteiger partial charge in [-0.3, -0.25) is 4.90 Å². The molecule has 156 valence electrons. The molecule has 0 aromatic heterocycles. The monoisotopic (exact) mass is 391 g/mol. The Bertz CT molecular complexity index is 690. The molecule has 2 atom stereocenters. The smallest absolute Gasteiger partial charge is 0.399 e. The average molecular weight is 391 g/mol. The number of hydrogen-bond donors (Lipinski definition) is 1. The molecular weight excluding hydrogens is 357 g/mol. The number of ether oxygens (including phenoxy) is 2. The van der Waals surface area contributed by atoms with Crippen molar-refractivity contribution >= 4 is 12.6 Å². The molecule has 7 heteroatoms. The van der Waals surface area contributed by atoms with E-state index in [9.17, 15) is 5.11 Å². The van der Waals surface area contributed by atoms with Crippen molar-refractivity contribution in [1.82, 2.24) is 4.90 Å². The van der Waals surface area contributed by atoms with Crippen molar-refractivity contribution < 1.29 is 23.9 Å². The fourth-order valence-corrected chi connectivity index (χ4v) is 4.13. The molecule has 1 fully saturated rings. The summed E-state index contributed by atoms with van der Waals surface area (Å²) in [5.74, 6) is 0. The van der Waals surface area contributed by atoms with Crippen molar-refractivity contribution in [3.05, 3.63) is 29.3 Å². The molecule has 3 rings (SSSR count). The van der Waals surface area contributed by atoms with Crippen LogP contribution in [0.3, 0.4) is 0 Å². The molecule has 0 bridgehead atoms. The van der Waals surface area contributed by atoms with Gasteiger partial charge >= 0.3 is 7.12 Å². The summed E-state index contributed by atoms with van der Waals surface area (Å²) in [5.41, 5.74) is 1.06. The van der Waals surface area contributed by atoms with Crippen LogP contribution in [0.4, 0.5) is 0 Å². The van der Waals surface area contributed by atoms with Crippen LogP contribution in [0.25, 0.3) is 0 Å². The van der Waals surface area contributed by atoms with Gasteiger partial charge < -0.3 is 23.9 Å². The number of aliphatic hydroxyl groups is 1. The highest BCUT2D eigenvalue weighted by Gasteiger charge is 2.53. The summed E-state index contributed by atoms with van der Waals surface area (Å²) in [4.78, 5) is 2.09. The van der Waals surface area contributed by atoms with Gasteiger partial charge in [0.2, 0.25) is 0 Å². The molecule has 0 spiro atoms. The van der Waals surface area contributed by atoms with Gasteiger partial charge in [-0.05, 0) is 52.1 Å². The summed E-state index contributed by atoms with van der Waals surface area (Å²) in [6.45, 7) is 11.8. The third-order valence-corrected chi connectivity index (χ3v) is 6.54. The zero-order valence-corrected chi connectivity index (χ0v) is 18.2.